The van der Waals surface area contributed by atoms with E-state index in [9.17, 15) is 4.79 Å². The third kappa shape index (κ3) is 2.90. The molecule has 2 heterocycles. The lowest BCUT2D eigenvalue weighted by Crippen LogP contribution is -2.05. The van der Waals surface area contributed by atoms with Crippen LogP contribution in [0.15, 0.2) is 35.8 Å². The van der Waals surface area contributed by atoms with Crippen molar-refractivity contribution in [1.82, 2.24) is 20.0 Å². The molecular formula is C15H14N4OS. The van der Waals surface area contributed by atoms with Gasteiger partial charge in [-0.2, -0.15) is 4.68 Å². The van der Waals surface area contributed by atoms with E-state index in [0.717, 1.165) is 23.5 Å². The first-order valence-corrected chi connectivity index (χ1v) is 7.51. The van der Waals surface area contributed by atoms with Gasteiger partial charge in [0.1, 0.15) is 5.69 Å². The first-order valence-electron chi connectivity index (χ1n) is 6.63. The molecule has 0 saturated heterocycles. The first-order chi connectivity index (χ1) is 10.3. The Morgan fingerprint density at radius 2 is 2.05 bits per heavy atom. The van der Waals surface area contributed by atoms with Crippen LogP contribution in [0.5, 0.6) is 0 Å². The van der Waals surface area contributed by atoms with Crippen LogP contribution in [0.3, 0.4) is 0 Å². The van der Waals surface area contributed by atoms with Crippen LogP contribution in [0.25, 0.3) is 5.13 Å². The Morgan fingerprint density at radius 3 is 2.71 bits per heavy atom. The van der Waals surface area contributed by atoms with Crippen LogP contribution in [0.1, 0.15) is 27.3 Å². The van der Waals surface area contributed by atoms with Gasteiger partial charge < -0.3 is 0 Å². The van der Waals surface area contributed by atoms with Crippen LogP contribution in [0.4, 0.5) is 0 Å². The average molecular weight is 298 g/mol. The molecule has 106 valence electrons. The van der Waals surface area contributed by atoms with E-state index < -0.39 is 0 Å². The van der Waals surface area contributed by atoms with Gasteiger partial charge in [-0.1, -0.05) is 35.0 Å². The molecule has 0 unspecified atom stereocenters. The Labute approximate surface area is 126 Å². The number of aromatic nitrogens is 4. The lowest BCUT2D eigenvalue weighted by Gasteiger charge is -2.04. The maximum Gasteiger partial charge on any atom is 0.211 e. The Bertz CT molecular complexity index is 732. The van der Waals surface area contributed by atoms with Crippen LogP contribution < -0.4 is 0 Å². The number of benzene rings is 1. The molecule has 0 atom stereocenters. The minimum atomic E-state index is 0.386. The molecule has 21 heavy (non-hydrogen) atoms. The van der Waals surface area contributed by atoms with Crippen LogP contribution in [0.2, 0.25) is 0 Å². The van der Waals surface area contributed by atoms with E-state index in [1.807, 2.05) is 5.38 Å². The van der Waals surface area contributed by atoms with E-state index in [4.69, 9.17) is 0 Å². The summed E-state index contributed by atoms with van der Waals surface area (Å²) in [5, 5.41) is 10.6. The molecule has 0 spiro atoms. The summed E-state index contributed by atoms with van der Waals surface area (Å²) in [6.45, 7) is 2.07. The highest BCUT2D eigenvalue weighted by atomic mass is 32.1. The minimum Gasteiger partial charge on any atom is -0.296 e. The Morgan fingerprint density at radius 1 is 1.24 bits per heavy atom. The summed E-state index contributed by atoms with van der Waals surface area (Å²) < 4.78 is 1.66. The van der Waals surface area contributed by atoms with Crippen molar-refractivity contribution in [2.75, 3.05) is 0 Å². The van der Waals surface area contributed by atoms with Crippen molar-refractivity contribution in [1.29, 1.82) is 0 Å². The SMILES string of the molecule is Cc1ccc(CCc2c(C=O)nnn2-c2nccs2)cc1. The number of hydrogen-bond acceptors (Lipinski definition) is 5. The second-order valence-electron chi connectivity index (χ2n) is 4.75. The summed E-state index contributed by atoms with van der Waals surface area (Å²) in [5.74, 6) is 0. The molecule has 0 aliphatic heterocycles. The lowest BCUT2D eigenvalue weighted by atomic mass is 10.1. The number of carbonyl (C=O) groups excluding carboxylic acids is 1. The zero-order valence-electron chi connectivity index (χ0n) is 11.6. The molecule has 0 N–H and O–H groups in total. The summed E-state index contributed by atoms with van der Waals surface area (Å²) in [6, 6.07) is 8.39. The van der Waals surface area contributed by atoms with Crippen molar-refractivity contribution >= 4 is 17.6 Å². The number of rotatable bonds is 5. The topological polar surface area (TPSA) is 60.7 Å². The molecular weight excluding hydrogens is 284 g/mol. The van der Waals surface area contributed by atoms with E-state index in [1.165, 1.54) is 22.5 Å². The molecule has 5 nitrogen and oxygen atoms in total. The molecule has 3 rings (SSSR count). The second kappa shape index (κ2) is 5.97. The molecule has 1 aromatic carbocycles. The van der Waals surface area contributed by atoms with Gasteiger partial charge in [0.25, 0.3) is 0 Å². The van der Waals surface area contributed by atoms with E-state index in [-0.39, 0.29) is 0 Å². The zero-order chi connectivity index (χ0) is 14.7. The zero-order valence-corrected chi connectivity index (χ0v) is 12.4. The van der Waals surface area contributed by atoms with Crippen molar-refractivity contribution < 1.29 is 4.79 Å². The summed E-state index contributed by atoms with van der Waals surface area (Å²) in [4.78, 5) is 15.4. The lowest BCUT2D eigenvalue weighted by molar-refractivity contribution is 0.111. The van der Waals surface area contributed by atoms with Crippen LogP contribution >= 0.6 is 11.3 Å². The summed E-state index contributed by atoms with van der Waals surface area (Å²) >= 11 is 1.47. The van der Waals surface area contributed by atoms with Crippen molar-refractivity contribution in [3.63, 3.8) is 0 Å². The van der Waals surface area contributed by atoms with Gasteiger partial charge in [0.05, 0.1) is 5.69 Å². The highest BCUT2D eigenvalue weighted by Gasteiger charge is 2.15. The number of nitrogens with zero attached hydrogens (tertiary/aromatic N) is 4. The fraction of sp³-hybridized carbons (Fsp3) is 0.200. The fourth-order valence-electron chi connectivity index (χ4n) is 2.13. The number of hydrogen-bond donors (Lipinski definition) is 0. The summed E-state index contributed by atoms with van der Waals surface area (Å²) in [6.07, 6.45) is 4.00. The van der Waals surface area contributed by atoms with E-state index in [0.29, 0.717) is 12.1 Å². The largest absolute Gasteiger partial charge is 0.296 e. The van der Waals surface area contributed by atoms with E-state index in [2.05, 4.69) is 46.5 Å². The van der Waals surface area contributed by atoms with Crippen LogP contribution in [0, 0.1) is 6.92 Å². The standard InChI is InChI=1S/C15H14N4OS/c1-11-2-4-12(5-3-11)6-7-14-13(10-20)17-18-19(14)15-16-8-9-21-15/h2-5,8-10H,6-7H2,1H3. The minimum absolute atomic E-state index is 0.386. The van der Waals surface area contributed by atoms with Crippen LogP contribution in [-0.4, -0.2) is 26.3 Å². The van der Waals surface area contributed by atoms with Gasteiger partial charge in [-0.25, -0.2) is 4.98 Å². The summed E-state index contributed by atoms with van der Waals surface area (Å²) in [5.41, 5.74) is 3.66. The number of carbonyl (C=O) groups is 1. The predicted octanol–water partition coefficient (Wildman–Crippen LogP) is 2.63. The summed E-state index contributed by atoms with van der Waals surface area (Å²) in [7, 11) is 0. The predicted molar refractivity (Wildman–Crippen MR) is 81.0 cm³/mol. The van der Waals surface area contributed by atoms with Crippen LogP contribution in [-0.2, 0) is 12.8 Å². The van der Waals surface area contributed by atoms with Gasteiger partial charge in [-0.05, 0) is 25.3 Å². The van der Waals surface area contributed by atoms with E-state index >= 15 is 0 Å². The molecule has 0 aliphatic carbocycles. The van der Waals surface area contributed by atoms with Crippen molar-refractivity contribution in [2.45, 2.75) is 19.8 Å². The molecule has 0 saturated carbocycles. The fourth-order valence-corrected chi connectivity index (χ4v) is 2.74. The smallest absolute Gasteiger partial charge is 0.211 e. The van der Waals surface area contributed by atoms with Gasteiger partial charge in [-0.3, -0.25) is 4.79 Å². The highest BCUT2D eigenvalue weighted by Crippen LogP contribution is 2.16. The first kappa shape index (κ1) is 13.6. The maximum atomic E-state index is 11.1. The molecule has 0 aliphatic rings. The second-order valence-corrected chi connectivity index (χ2v) is 5.62. The van der Waals surface area contributed by atoms with Crippen molar-refractivity contribution in [3.05, 3.63) is 58.4 Å². The number of aryl methyl sites for hydroxylation is 2. The highest BCUT2D eigenvalue weighted by molar-refractivity contribution is 7.12. The molecule has 2 aromatic heterocycles. The Hall–Kier alpha value is -2.34. The third-order valence-electron chi connectivity index (χ3n) is 3.28. The normalized spacial score (nSPS) is 10.7. The molecule has 0 radical (unpaired) electrons. The Kier molecular flexibility index (Phi) is 3.87. The van der Waals surface area contributed by atoms with Gasteiger partial charge in [0, 0.05) is 11.6 Å². The van der Waals surface area contributed by atoms with Gasteiger partial charge in [0.2, 0.25) is 5.13 Å². The monoisotopic (exact) mass is 298 g/mol. The molecule has 0 bridgehead atoms. The average Bonchev–Trinajstić information content (AvgIpc) is 3.15. The molecule has 3 aromatic rings. The van der Waals surface area contributed by atoms with Gasteiger partial charge in [-0.15, -0.1) is 16.4 Å². The van der Waals surface area contributed by atoms with Crippen molar-refractivity contribution in [3.8, 4) is 5.13 Å². The number of thiazole rings is 1. The van der Waals surface area contributed by atoms with E-state index in [1.54, 1.807) is 10.9 Å². The molecule has 0 fully saturated rings. The van der Waals surface area contributed by atoms with Crippen molar-refractivity contribution in [2.24, 2.45) is 0 Å². The third-order valence-corrected chi connectivity index (χ3v) is 4.02. The quantitative estimate of drug-likeness (QED) is 0.679. The Balaban J connectivity index is 1.85. The van der Waals surface area contributed by atoms with Gasteiger partial charge >= 0.3 is 0 Å². The molecule has 6 heteroatoms. The number of aldehydes is 1. The van der Waals surface area contributed by atoms with Gasteiger partial charge in [0.15, 0.2) is 6.29 Å². The maximum absolute atomic E-state index is 11.1. The molecule has 0 amide bonds.